The lowest BCUT2D eigenvalue weighted by molar-refractivity contribution is 0.624. The largest absolute Gasteiger partial charge is 0.397 e. The Balaban J connectivity index is 2.32. The van der Waals surface area contributed by atoms with Crippen LogP contribution in [0.5, 0.6) is 0 Å². The molecule has 0 fully saturated rings. The Morgan fingerprint density at radius 1 is 1.20 bits per heavy atom. The van der Waals surface area contributed by atoms with Gasteiger partial charge in [-0.05, 0) is 38.1 Å². The van der Waals surface area contributed by atoms with E-state index in [1.165, 1.54) is 0 Å². The highest BCUT2D eigenvalue weighted by molar-refractivity contribution is 9.10. The Labute approximate surface area is 125 Å². The molecule has 20 heavy (non-hydrogen) atoms. The van der Waals surface area contributed by atoms with Crippen LogP contribution >= 0.6 is 15.9 Å². The van der Waals surface area contributed by atoms with Crippen LogP contribution in [-0.2, 0) is 0 Å². The fourth-order valence-corrected chi connectivity index (χ4v) is 2.73. The molecular formula is C15H15BrN4. The van der Waals surface area contributed by atoms with E-state index in [4.69, 9.17) is 10.7 Å². The van der Waals surface area contributed by atoms with Gasteiger partial charge in [0.2, 0.25) is 0 Å². The molecule has 5 heteroatoms. The SMILES string of the molecule is CC(C)n1c(-c2cncc(N)c2)nc2cc(Br)ccc21. The van der Waals surface area contributed by atoms with Crippen LogP contribution in [0.1, 0.15) is 19.9 Å². The zero-order valence-corrected chi connectivity index (χ0v) is 12.9. The maximum Gasteiger partial charge on any atom is 0.143 e. The van der Waals surface area contributed by atoms with Crippen molar-refractivity contribution in [3.8, 4) is 11.4 Å². The summed E-state index contributed by atoms with van der Waals surface area (Å²) in [5, 5.41) is 0. The van der Waals surface area contributed by atoms with Gasteiger partial charge < -0.3 is 10.3 Å². The first-order chi connectivity index (χ1) is 9.56. The molecular weight excluding hydrogens is 316 g/mol. The Morgan fingerprint density at radius 2 is 2.00 bits per heavy atom. The van der Waals surface area contributed by atoms with Gasteiger partial charge >= 0.3 is 0 Å². The van der Waals surface area contributed by atoms with Gasteiger partial charge in [0.25, 0.3) is 0 Å². The zero-order valence-electron chi connectivity index (χ0n) is 11.3. The Morgan fingerprint density at radius 3 is 2.70 bits per heavy atom. The molecule has 0 spiro atoms. The van der Waals surface area contributed by atoms with E-state index in [-0.39, 0.29) is 0 Å². The minimum absolute atomic E-state index is 0.303. The van der Waals surface area contributed by atoms with Crippen LogP contribution < -0.4 is 5.73 Å². The van der Waals surface area contributed by atoms with E-state index < -0.39 is 0 Å². The number of nitrogens with two attached hydrogens (primary N) is 1. The van der Waals surface area contributed by atoms with Crippen LogP contribution in [0.2, 0.25) is 0 Å². The molecule has 2 aromatic heterocycles. The van der Waals surface area contributed by atoms with E-state index in [0.717, 1.165) is 26.9 Å². The minimum Gasteiger partial charge on any atom is -0.397 e. The molecule has 0 aliphatic rings. The van der Waals surface area contributed by atoms with Crippen molar-refractivity contribution in [1.82, 2.24) is 14.5 Å². The van der Waals surface area contributed by atoms with E-state index >= 15 is 0 Å². The highest BCUT2D eigenvalue weighted by Crippen LogP contribution is 2.30. The van der Waals surface area contributed by atoms with Gasteiger partial charge in [0.1, 0.15) is 5.82 Å². The van der Waals surface area contributed by atoms with E-state index in [0.29, 0.717) is 11.7 Å². The standard InChI is InChI=1S/C15H15BrN4/c1-9(2)20-14-4-3-11(16)6-13(14)19-15(20)10-5-12(17)8-18-7-10/h3-9H,17H2,1-2H3. The van der Waals surface area contributed by atoms with E-state index in [2.05, 4.69) is 45.4 Å². The fourth-order valence-electron chi connectivity index (χ4n) is 2.38. The van der Waals surface area contributed by atoms with Crippen LogP contribution in [0.25, 0.3) is 22.4 Å². The number of fused-ring (bicyclic) bond motifs is 1. The first kappa shape index (κ1) is 13.1. The van der Waals surface area contributed by atoms with Crippen molar-refractivity contribution in [3.05, 3.63) is 41.1 Å². The third-order valence-corrected chi connectivity index (χ3v) is 3.68. The van der Waals surface area contributed by atoms with Crippen LogP contribution in [0.15, 0.2) is 41.1 Å². The molecule has 0 aliphatic heterocycles. The summed E-state index contributed by atoms with van der Waals surface area (Å²) in [4.78, 5) is 8.90. The minimum atomic E-state index is 0.303. The molecule has 2 N–H and O–H groups in total. The van der Waals surface area contributed by atoms with Gasteiger partial charge in [-0.2, -0.15) is 0 Å². The zero-order chi connectivity index (χ0) is 14.3. The second-order valence-electron chi connectivity index (χ2n) is 5.04. The molecule has 3 aromatic rings. The number of pyridine rings is 1. The van der Waals surface area contributed by atoms with Gasteiger partial charge in [-0.1, -0.05) is 15.9 Å². The number of aromatic nitrogens is 3. The normalized spacial score (nSPS) is 11.4. The highest BCUT2D eigenvalue weighted by atomic mass is 79.9. The number of hydrogen-bond acceptors (Lipinski definition) is 3. The lowest BCUT2D eigenvalue weighted by Gasteiger charge is -2.13. The monoisotopic (exact) mass is 330 g/mol. The summed E-state index contributed by atoms with van der Waals surface area (Å²) in [7, 11) is 0. The topological polar surface area (TPSA) is 56.7 Å². The van der Waals surface area contributed by atoms with Crippen molar-refractivity contribution >= 4 is 32.7 Å². The number of nitrogen functional groups attached to an aromatic ring is 1. The number of anilines is 1. The number of imidazole rings is 1. The summed E-state index contributed by atoms with van der Waals surface area (Å²) in [6.45, 7) is 4.29. The summed E-state index contributed by atoms with van der Waals surface area (Å²) in [5.41, 5.74) is 9.49. The van der Waals surface area contributed by atoms with Crippen molar-refractivity contribution in [2.24, 2.45) is 0 Å². The number of benzene rings is 1. The average Bonchev–Trinajstić information content (AvgIpc) is 2.77. The van der Waals surface area contributed by atoms with Gasteiger partial charge in [-0.15, -0.1) is 0 Å². The average molecular weight is 331 g/mol. The van der Waals surface area contributed by atoms with Gasteiger partial charge in [0.15, 0.2) is 0 Å². The van der Waals surface area contributed by atoms with E-state index in [1.54, 1.807) is 12.4 Å². The van der Waals surface area contributed by atoms with Crippen molar-refractivity contribution in [2.45, 2.75) is 19.9 Å². The maximum atomic E-state index is 5.83. The number of hydrogen-bond donors (Lipinski definition) is 1. The maximum absolute atomic E-state index is 5.83. The smallest absolute Gasteiger partial charge is 0.143 e. The highest BCUT2D eigenvalue weighted by Gasteiger charge is 2.15. The number of nitrogens with zero attached hydrogens (tertiary/aromatic N) is 3. The lowest BCUT2D eigenvalue weighted by Crippen LogP contribution is -2.03. The van der Waals surface area contributed by atoms with Crippen molar-refractivity contribution < 1.29 is 0 Å². The molecule has 0 aliphatic carbocycles. The predicted octanol–water partition coefficient (Wildman–Crippen LogP) is 4.02. The van der Waals surface area contributed by atoms with Crippen LogP contribution in [0.3, 0.4) is 0 Å². The van der Waals surface area contributed by atoms with Crippen molar-refractivity contribution in [1.29, 1.82) is 0 Å². The summed E-state index contributed by atoms with van der Waals surface area (Å²) >= 11 is 3.49. The molecule has 0 saturated carbocycles. The van der Waals surface area contributed by atoms with E-state index in [9.17, 15) is 0 Å². The Kier molecular flexibility index (Phi) is 3.22. The predicted molar refractivity (Wildman–Crippen MR) is 85.5 cm³/mol. The quantitative estimate of drug-likeness (QED) is 0.771. The molecule has 0 bridgehead atoms. The third-order valence-electron chi connectivity index (χ3n) is 3.19. The number of halogens is 1. The van der Waals surface area contributed by atoms with Gasteiger partial charge in [-0.3, -0.25) is 4.98 Å². The fraction of sp³-hybridized carbons (Fsp3) is 0.200. The summed E-state index contributed by atoms with van der Waals surface area (Å²) in [5.74, 6) is 0.896. The van der Waals surface area contributed by atoms with Crippen molar-refractivity contribution in [2.75, 3.05) is 5.73 Å². The molecule has 0 atom stereocenters. The first-order valence-electron chi connectivity index (χ1n) is 6.44. The molecule has 2 heterocycles. The number of rotatable bonds is 2. The lowest BCUT2D eigenvalue weighted by atomic mass is 10.2. The molecule has 1 aromatic carbocycles. The van der Waals surface area contributed by atoms with Crippen LogP contribution in [0, 0.1) is 0 Å². The second-order valence-corrected chi connectivity index (χ2v) is 5.95. The Hall–Kier alpha value is -1.88. The van der Waals surface area contributed by atoms with Crippen LogP contribution in [0.4, 0.5) is 5.69 Å². The van der Waals surface area contributed by atoms with Gasteiger partial charge in [0.05, 0.1) is 16.7 Å². The van der Waals surface area contributed by atoms with E-state index in [1.807, 2.05) is 18.2 Å². The van der Waals surface area contributed by atoms with Crippen molar-refractivity contribution in [3.63, 3.8) is 0 Å². The first-order valence-corrected chi connectivity index (χ1v) is 7.24. The second kappa shape index (κ2) is 4.90. The molecule has 3 rings (SSSR count). The molecule has 4 nitrogen and oxygen atoms in total. The molecule has 0 amide bonds. The summed E-state index contributed by atoms with van der Waals surface area (Å²) in [6, 6.07) is 8.34. The molecule has 0 saturated heterocycles. The third kappa shape index (κ3) is 2.18. The molecule has 0 unspecified atom stereocenters. The van der Waals surface area contributed by atoms with Crippen LogP contribution in [-0.4, -0.2) is 14.5 Å². The molecule has 0 radical (unpaired) electrons. The van der Waals surface area contributed by atoms with Gasteiger partial charge in [-0.25, -0.2) is 4.98 Å². The summed E-state index contributed by atoms with van der Waals surface area (Å²) in [6.07, 6.45) is 3.44. The molecule has 102 valence electrons. The summed E-state index contributed by atoms with van der Waals surface area (Å²) < 4.78 is 3.23. The van der Waals surface area contributed by atoms with Gasteiger partial charge in [0, 0.05) is 28.5 Å². The Bertz CT molecular complexity index is 777.